The van der Waals surface area contributed by atoms with Crippen molar-refractivity contribution < 1.29 is 17.6 Å². The van der Waals surface area contributed by atoms with Crippen LogP contribution in [0.15, 0.2) is 29.0 Å². The van der Waals surface area contributed by atoms with Gasteiger partial charge in [0.1, 0.15) is 5.76 Å². The molecule has 0 spiro atoms. The summed E-state index contributed by atoms with van der Waals surface area (Å²) in [5, 5.41) is 4.27. The number of carbonyl (C=O) groups is 1. The summed E-state index contributed by atoms with van der Waals surface area (Å²) in [6.07, 6.45) is 4.31. The summed E-state index contributed by atoms with van der Waals surface area (Å²) in [6, 6.07) is 3.53. The average Bonchev–Trinajstić information content (AvgIpc) is 3.08. The molecule has 1 atom stereocenters. The Hall–Kier alpha value is -2.13. The third-order valence-corrected chi connectivity index (χ3v) is 4.77. The van der Waals surface area contributed by atoms with E-state index >= 15 is 0 Å². The fourth-order valence-corrected chi connectivity index (χ4v) is 3.40. The molecule has 0 saturated heterocycles. The number of carbonyl (C=O) groups excluding carboxylic acids is 1. The van der Waals surface area contributed by atoms with Crippen molar-refractivity contribution in [1.29, 1.82) is 0 Å². The quantitative estimate of drug-likeness (QED) is 0.869. The molecule has 8 nitrogen and oxygen atoms in total. The molecule has 1 amide bonds. The summed E-state index contributed by atoms with van der Waals surface area (Å²) in [5.41, 5.74) is 1.45. The molecule has 3 heterocycles. The van der Waals surface area contributed by atoms with E-state index in [1.54, 1.807) is 24.1 Å². The zero-order chi connectivity index (χ0) is 17.3. The second-order valence-electron chi connectivity index (χ2n) is 6.07. The number of rotatable bonds is 4. The van der Waals surface area contributed by atoms with Gasteiger partial charge in [0.05, 0.1) is 30.3 Å². The lowest BCUT2D eigenvalue weighted by atomic mass is 10.1. The van der Waals surface area contributed by atoms with Crippen molar-refractivity contribution in [3.8, 4) is 0 Å². The first-order valence-corrected chi connectivity index (χ1v) is 9.51. The van der Waals surface area contributed by atoms with E-state index in [1.165, 1.54) is 6.26 Å². The monoisotopic (exact) mass is 352 g/mol. The van der Waals surface area contributed by atoms with Crippen LogP contribution >= 0.6 is 0 Å². The van der Waals surface area contributed by atoms with Gasteiger partial charge in [-0.3, -0.25) is 9.48 Å². The molecule has 3 rings (SSSR count). The van der Waals surface area contributed by atoms with Gasteiger partial charge < -0.3 is 9.32 Å². The van der Waals surface area contributed by atoms with Crippen LogP contribution in [0.5, 0.6) is 0 Å². The Balaban J connectivity index is 1.84. The van der Waals surface area contributed by atoms with Gasteiger partial charge in [-0.25, -0.2) is 13.1 Å². The molecule has 130 valence electrons. The van der Waals surface area contributed by atoms with Crippen molar-refractivity contribution in [2.75, 3.05) is 19.3 Å². The Morgan fingerprint density at radius 2 is 2.21 bits per heavy atom. The fraction of sp³-hybridized carbons (Fsp3) is 0.467. The van der Waals surface area contributed by atoms with Crippen LogP contribution in [0.1, 0.15) is 21.8 Å². The number of hydrogen-bond acceptors (Lipinski definition) is 5. The zero-order valence-corrected chi connectivity index (χ0v) is 14.4. The fourth-order valence-electron chi connectivity index (χ4n) is 2.86. The van der Waals surface area contributed by atoms with Gasteiger partial charge in [0.2, 0.25) is 10.0 Å². The molecule has 9 heteroatoms. The smallest absolute Gasteiger partial charge is 0.257 e. The number of aromatic nitrogens is 2. The highest BCUT2D eigenvalue weighted by atomic mass is 32.2. The molecule has 0 radical (unpaired) electrons. The molecule has 2 aromatic heterocycles. The van der Waals surface area contributed by atoms with Crippen molar-refractivity contribution in [3.63, 3.8) is 0 Å². The van der Waals surface area contributed by atoms with E-state index in [0.717, 1.165) is 11.9 Å². The highest BCUT2D eigenvalue weighted by Gasteiger charge is 2.28. The minimum atomic E-state index is -3.29. The number of amides is 1. The van der Waals surface area contributed by atoms with Crippen LogP contribution in [-0.2, 0) is 23.1 Å². The normalized spacial score (nSPS) is 18.2. The number of furan rings is 1. The third kappa shape index (κ3) is 3.68. The lowest BCUT2D eigenvalue weighted by Gasteiger charge is -2.24. The van der Waals surface area contributed by atoms with Crippen molar-refractivity contribution in [2.45, 2.75) is 20.0 Å². The number of fused-ring (bicyclic) bond motifs is 1. The highest BCUT2D eigenvalue weighted by Crippen LogP contribution is 2.20. The van der Waals surface area contributed by atoms with Gasteiger partial charge in [0.15, 0.2) is 0 Å². The van der Waals surface area contributed by atoms with Gasteiger partial charge in [-0.1, -0.05) is 0 Å². The molecule has 0 saturated carbocycles. The molecule has 1 N–H and O–H groups in total. The molecule has 0 bridgehead atoms. The largest absolute Gasteiger partial charge is 0.469 e. The topological polar surface area (TPSA) is 97.4 Å². The van der Waals surface area contributed by atoms with Crippen LogP contribution < -0.4 is 4.72 Å². The van der Waals surface area contributed by atoms with Crippen LogP contribution in [0.3, 0.4) is 0 Å². The van der Waals surface area contributed by atoms with Crippen LogP contribution in [0.4, 0.5) is 0 Å². The van der Waals surface area contributed by atoms with E-state index in [0.29, 0.717) is 31.0 Å². The lowest BCUT2D eigenvalue weighted by molar-refractivity contribution is 0.0720. The summed E-state index contributed by atoms with van der Waals surface area (Å²) in [6.45, 7) is 3.43. The summed E-state index contributed by atoms with van der Waals surface area (Å²) in [4.78, 5) is 14.5. The zero-order valence-electron chi connectivity index (χ0n) is 13.6. The third-order valence-electron chi connectivity index (χ3n) is 4.08. The maximum atomic E-state index is 12.8. The van der Waals surface area contributed by atoms with Crippen molar-refractivity contribution in [1.82, 2.24) is 19.4 Å². The molecule has 0 fully saturated rings. The van der Waals surface area contributed by atoms with E-state index in [9.17, 15) is 13.2 Å². The first-order chi connectivity index (χ1) is 11.3. The summed E-state index contributed by atoms with van der Waals surface area (Å²) in [7, 11) is -3.29. The number of sulfonamides is 1. The van der Waals surface area contributed by atoms with E-state index in [-0.39, 0.29) is 18.4 Å². The molecule has 0 aliphatic carbocycles. The predicted molar refractivity (Wildman–Crippen MR) is 86.7 cm³/mol. The SMILES string of the molecule is Cc1occc1C(=O)N1Cc2ccnn2C[C@@H](CNS(C)(=O)=O)C1. The molecule has 2 aromatic rings. The Kier molecular flexibility index (Phi) is 4.46. The number of aryl methyl sites for hydroxylation is 1. The molecule has 0 aromatic carbocycles. The summed E-state index contributed by atoms with van der Waals surface area (Å²) < 4.78 is 32.3. The van der Waals surface area contributed by atoms with Gasteiger partial charge in [-0.15, -0.1) is 0 Å². The predicted octanol–water partition coefficient (Wildman–Crippen LogP) is 0.606. The summed E-state index contributed by atoms with van der Waals surface area (Å²) in [5.74, 6) is 0.376. The Bertz CT molecular complexity index is 839. The first-order valence-electron chi connectivity index (χ1n) is 7.62. The Labute approximate surface area is 140 Å². The molecular formula is C15H20N4O4S. The molecular weight excluding hydrogens is 332 g/mol. The minimum Gasteiger partial charge on any atom is -0.469 e. The van der Waals surface area contributed by atoms with Crippen LogP contribution in [0, 0.1) is 12.8 Å². The van der Waals surface area contributed by atoms with Gasteiger partial charge in [-0.05, 0) is 19.1 Å². The number of hydrogen-bond donors (Lipinski definition) is 1. The lowest BCUT2D eigenvalue weighted by Crippen LogP contribution is -2.38. The molecule has 1 aliphatic heterocycles. The van der Waals surface area contributed by atoms with Crippen LogP contribution in [-0.4, -0.2) is 48.4 Å². The van der Waals surface area contributed by atoms with Crippen molar-refractivity contribution >= 4 is 15.9 Å². The Morgan fingerprint density at radius 3 is 2.88 bits per heavy atom. The highest BCUT2D eigenvalue weighted by molar-refractivity contribution is 7.88. The van der Waals surface area contributed by atoms with E-state index in [1.807, 2.05) is 10.7 Å². The molecule has 24 heavy (non-hydrogen) atoms. The summed E-state index contributed by atoms with van der Waals surface area (Å²) >= 11 is 0. The maximum absolute atomic E-state index is 12.8. The van der Waals surface area contributed by atoms with E-state index in [2.05, 4.69) is 9.82 Å². The van der Waals surface area contributed by atoms with Crippen molar-refractivity contribution in [3.05, 3.63) is 41.6 Å². The molecule has 1 aliphatic rings. The van der Waals surface area contributed by atoms with Crippen molar-refractivity contribution in [2.24, 2.45) is 5.92 Å². The maximum Gasteiger partial charge on any atom is 0.257 e. The average molecular weight is 352 g/mol. The van der Waals surface area contributed by atoms with E-state index in [4.69, 9.17) is 4.42 Å². The standard InChI is InChI=1S/C15H20N4O4S/c1-11-14(4-6-23-11)15(20)18-8-12(7-17-24(2,21)22)9-19-13(10-18)3-5-16-19/h3-6,12,17H,7-10H2,1-2H3/t12-/m0/s1. The van der Waals surface area contributed by atoms with Gasteiger partial charge in [-0.2, -0.15) is 5.10 Å². The van der Waals surface area contributed by atoms with Crippen LogP contribution in [0.25, 0.3) is 0 Å². The molecule has 0 unspecified atom stereocenters. The van der Waals surface area contributed by atoms with Crippen LogP contribution in [0.2, 0.25) is 0 Å². The van der Waals surface area contributed by atoms with Gasteiger partial charge in [0, 0.05) is 31.7 Å². The van der Waals surface area contributed by atoms with Gasteiger partial charge >= 0.3 is 0 Å². The second kappa shape index (κ2) is 6.40. The number of nitrogens with one attached hydrogen (secondary N) is 1. The van der Waals surface area contributed by atoms with E-state index < -0.39 is 10.0 Å². The first kappa shape index (κ1) is 16.7. The van der Waals surface area contributed by atoms with Gasteiger partial charge in [0.25, 0.3) is 5.91 Å². The minimum absolute atomic E-state index is 0.0722. The Morgan fingerprint density at radius 1 is 1.42 bits per heavy atom. The second-order valence-corrected chi connectivity index (χ2v) is 7.90. The number of nitrogens with zero attached hydrogens (tertiary/aromatic N) is 3.